The number of rotatable bonds is 7. The summed E-state index contributed by atoms with van der Waals surface area (Å²) < 4.78 is 13.2. The molecule has 0 bridgehead atoms. The van der Waals surface area contributed by atoms with Gasteiger partial charge < -0.3 is 20.5 Å². The van der Waals surface area contributed by atoms with E-state index in [2.05, 4.69) is 42.2 Å². The highest BCUT2D eigenvalue weighted by Crippen LogP contribution is 2.35. The first-order valence-corrected chi connectivity index (χ1v) is 10.3. The van der Waals surface area contributed by atoms with Gasteiger partial charge in [0.15, 0.2) is 0 Å². The van der Waals surface area contributed by atoms with Crippen LogP contribution < -0.4 is 31.8 Å². The summed E-state index contributed by atoms with van der Waals surface area (Å²) in [7, 11) is 3.40. The number of carbonyl (C=O) groups is 1. The monoisotopic (exact) mass is 490 g/mol. The summed E-state index contributed by atoms with van der Waals surface area (Å²) in [5, 5.41) is 4.77. The third kappa shape index (κ3) is 4.22. The highest BCUT2D eigenvalue weighted by Gasteiger charge is 2.20. The number of hydrogen-bond acceptors (Lipinski definition) is 9. The smallest absolute Gasteiger partial charge is 0.270 e. The minimum Gasteiger partial charge on any atom is -0.478 e. The number of aromatic nitrogens is 3. The first-order chi connectivity index (χ1) is 14.9. The average molecular weight is 491 g/mol. The zero-order valence-electron chi connectivity index (χ0n) is 17.3. The molecule has 4 rings (SSSR count). The lowest BCUT2D eigenvalue weighted by atomic mass is 10.1. The van der Waals surface area contributed by atoms with Gasteiger partial charge in [0, 0.05) is 19.3 Å². The number of hydrazine groups is 2. The lowest BCUT2D eigenvalue weighted by molar-refractivity contribution is 0.0816. The van der Waals surface area contributed by atoms with Crippen LogP contribution in [-0.4, -0.2) is 47.1 Å². The number of methoxy groups -OCH3 is 1. The van der Waals surface area contributed by atoms with Gasteiger partial charge in [0.1, 0.15) is 10.3 Å². The molecule has 5 N–H and O–H groups in total. The predicted molar refractivity (Wildman–Crippen MR) is 120 cm³/mol. The van der Waals surface area contributed by atoms with Crippen molar-refractivity contribution in [2.75, 3.05) is 36.9 Å². The molecule has 0 unspecified atom stereocenters. The fraction of sp³-hybridized carbons (Fsp3) is 0.316. The van der Waals surface area contributed by atoms with Crippen LogP contribution in [0.3, 0.4) is 0 Å². The second kappa shape index (κ2) is 8.57. The van der Waals surface area contributed by atoms with Crippen LogP contribution in [0, 0.1) is 0 Å². The Kier molecular flexibility index (Phi) is 5.85. The number of anilines is 3. The summed E-state index contributed by atoms with van der Waals surface area (Å²) in [6.07, 6.45) is 3.15. The number of nitrogen functional groups attached to an aromatic ring is 1. The number of amides is 1. The van der Waals surface area contributed by atoms with E-state index >= 15 is 0 Å². The standard InChI is InChI=1S/C19H23BrN8O3/c1-10(8-31-9-11-4-12(21)16-13(5-11)27(2)26-25-16)23-18(29)14-6-22-17-19(30-3)24-15(20)7-28(14)17/h4-7,10,25-26H,8-9,21H2,1-3H3,(H,23,29)/t10-/m1/s1. The molecule has 31 heavy (non-hydrogen) atoms. The molecule has 164 valence electrons. The highest BCUT2D eigenvalue weighted by molar-refractivity contribution is 9.10. The molecular formula is C19H23BrN8O3. The van der Waals surface area contributed by atoms with E-state index in [0.717, 1.165) is 16.9 Å². The summed E-state index contributed by atoms with van der Waals surface area (Å²) in [4.78, 5) is 21.2. The molecule has 0 saturated heterocycles. The van der Waals surface area contributed by atoms with E-state index in [4.69, 9.17) is 15.2 Å². The first kappa shape index (κ1) is 21.2. The van der Waals surface area contributed by atoms with Gasteiger partial charge in [-0.15, -0.1) is 5.53 Å². The maximum atomic E-state index is 12.7. The molecule has 1 aromatic carbocycles. The van der Waals surface area contributed by atoms with Crippen LogP contribution in [0.5, 0.6) is 5.88 Å². The largest absolute Gasteiger partial charge is 0.478 e. The number of halogens is 1. The summed E-state index contributed by atoms with van der Waals surface area (Å²) in [5.74, 6) is 0.0544. The Balaban J connectivity index is 1.37. The van der Waals surface area contributed by atoms with Crippen LogP contribution in [0.25, 0.3) is 5.65 Å². The Morgan fingerprint density at radius 3 is 3.00 bits per heavy atom. The van der Waals surface area contributed by atoms with Gasteiger partial charge in [0.2, 0.25) is 5.65 Å². The number of fused-ring (bicyclic) bond motifs is 2. The van der Waals surface area contributed by atoms with Crippen LogP contribution in [0.1, 0.15) is 23.0 Å². The number of ether oxygens (including phenoxy) is 2. The minimum atomic E-state index is -0.274. The molecule has 0 spiro atoms. The summed E-state index contributed by atoms with van der Waals surface area (Å²) in [6.45, 7) is 2.58. The van der Waals surface area contributed by atoms with Crippen molar-refractivity contribution in [3.63, 3.8) is 0 Å². The lowest BCUT2D eigenvalue weighted by Gasteiger charge is -2.15. The molecule has 1 aliphatic heterocycles. The maximum Gasteiger partial charge on any atom is 0.270 e. The number of benzene rings is 1. The zero-order chi connectivity index (χ0) is 22.1. The fourth-order valence-corrected chi connectivity index (χ4v) is 3.69. The molecule has 3 aromatic rings. The van der Waals surface area contributed by atoms with Crippen molar-refractivity contribution in [1.82, 2.24) is 25.2 Å². The highest BCUT2D eigenvalue weighted by atomic mass is 79.9. The van der Waals surface area contributed by atoms with E-state index in [1.807, 2.05) is 31.1 Å². The Labute approximate surface area is 187 Å². The van der Waals surface area contributed by atoms with E-state index < -0.39 is 0 Å². The Morgan fingerprint density at radius 2 is 2.23 bits per heavy atom. The third-order valence-electron chi connectivity index (χ3n) is 4.79. The average Bonchev–Trinajstić information content (AvgIpc) is 3.31. The van der Waals surface area contributed by atoms with Crippen molar-refractivity contribution in [1.29, 1.82) is 0 Å². The molecule has 0 aliphatic carbocycles. The van der Waals surface area contributed by atoms with Gasteiger partial charge in [-0.1, -0.05) is 0 Å². The number of nitrogens with zero attached hydrogens (tertiary/aromatic N) is 4. The van der Waals surface area contributed by atoms with E-state index in [9.17, 15) is 4.79 Å². The van der Waals surface area contributed by atoms with Gasteiger partial charge >= 0.3 is 0 Å². The molecule has 1 atom stereocenters. The van der Waals surface area contributed by atoms with Crippen LogP contribution in [0.15, 0.2) is 29.1 Å². The van der Waals surface area contributed by atoms with Gasteiger partial charge in [-0.05, 0) is 40.5 Å². The molecule has 3 heterocycles. The van der Waals surface area contributed by atoms with E-state index in [1.165, 1.54) is 13.3 Å². The van der Waals surface area contributed by atoms with Crippen LogP contribution in [0.2, 0.25) is 0 Å². The Morgan fingerprint density at radius 1 is 1.42 bits per heavy atom. The van der Waals surface area contributed by atoms with E-state index in [0.29, 0.717) is 40.7 Å². The van der Waals surface area contributed by atoms with Crippen molar-refractivity contribution in [3.8, 4) is 5.88 Å². The molecule has 11 nitrogen and oxygen atoms in total. The van der Waals surface area contributed by atoms with Crippen molar-refractivity contribution in [3.05, 3.63) is 40.4 Å². The summed E-state index contributed by atoms with van der Waals surface area (Å²) >= 11 is 3.32. The van der Waals surface area contributed by atoms with E-state index in [1.54, 1.807) is 10.6 Å². The normalized spacial score (nSPS) is 13.7. The van der Waals surface area contributed by atoms with Crippen LogP contribution in [-0.2, 0) is 11.3 Å². The van der Waals surface area contributed by atoms with Gasteiger partial charge in [-0.2, -0.15) is 0 Å². The predicted octanol–water partition coefficient (Wildman–Crippen LogP) is 1.70. The molecular weight excluding hydrogens is 468 g/mol. The Bertz CT molecular complexity index is 1140. The summed E-state index contributed by atoms with van der Waals surface area (Å²) in [6, 6.07) is 3.65. The number of hydrogen-bond donors (Lipinski definition) is 4. The first-order valence-electron chi connectivity index (χ1n) is 9.51. The maximum absolute atomic E-state index is 12.7. The van der Waals surface area contributed by atoms with Crippen molar-refractivity contribution < 1.29 is 14.3 Å². The molecule has 0 saturated carbocycles. The number of nitrogens with one attached hydrogen (secondary N) is 3. The van der Waals surface area contributed by atoms with Crippen molar-refractivity contribution in [2.24, 2.45) is 0 Å². The zero-order valence-corrected chi connectivity index (χ0v) is 18.9. The third-order valence-corrected chi connectivity index (χ3v) is 5.17. The fourth-order valence-electron chi connectivity index (χ4n) is 3.32. The second-order valence-corrected chi connectivity index (χ2v) is 7.99. The lowest BCUT2D eigenvalue weighted by Crippen LogP contribution is -2.36. The molecule has 1 amide bonds. The molecule has 0 fully saturated rings. The number of carbonyl (C=O) groups excluding carboxylic acids is 1. The molecule has 12 heteroatoms. The van der Waals surface area contributed by atoms with E-state index in [-0.39, 0.29) is 11.9 Å². The molecule has 2 aromatic heterocycles. The SMILES string of the molecule is COc1nc(Br)cn2c(C(=O)N[C@H](C)COCc3cc(N)c4c(c3)N(C)NN4)cnc12. The Hall–Kier alpha value is -3.09. The van der Waals surface area contributed by atoms with Crippen LogP contribution >= 0.6 is 15.9 Å². The summed E-state index contributed by atoms with van der Waals surface area (Å²) in [5.41, 5.74) is 16.3. The quantitative estimate of drug-likeness (QED) is 0.365. The van der Waals surface area contributed by atoms with Crippen molar-refractivity contribution in [2.45, 2.75) is 19.6 Å². The van der Waals surface area contributed by atoms with Gasteiger partial charge in [0.25, 0.3) is 11.8 Å². The second-order valence-electron chi connectivity index (χ2n) is 7.17. The molecule has 0 radical (unpaired) electrons. The van der Waals surface area contributed by atoms with Gasteiger partial charge in [-0.3, -0.25) is 19.6 Å². The van der Waals surface area contributed by atoms with Gasteiger partial charge in [0.05, 0.1) is 43.6 Å². The minimum absolute atomic E-state index is 0.219. The number of imidazole rings is 1. The topological polar surface area (TPSA) is 131 Å². The number of nitrogens with two attached hydrogens (primary N) is 1. The van der Waals surface area contributed by atoms with Crippen molar-refractivity contribution >= 4 is 44.5 Å². The van der Waals surface area contributed by atoms with Gasteiger partial charge in [-0.25, -0.2) is 9.97 Å². The van der Waals surface area contributed by atoms with Crippen LogP contribution in [0.4, 0.5) is 17.1 Å². The molecule has 1 aliphatic rings.